The van der Waals surface area contributed by atoms with Crippen LogP contribution in [0.1, 0.15) is 16.7 Å². The van der Waals surface area contributed by atoms with Crippen LogP contribution in [0, 0.1) is 29.6 Å². The molecule has 0 heterocycles. The molecule has 0 bridgehead atoms. The van der Waals surface area contributed by atoms with Gasteiger partial charge >= 0.3 is 0 Å². The smallest absolute Gasteiger partial charge is 0.101 e. The van der Waals surface area contributed by atoms with Crippen molar-refractivity contribution >= 4 is 11.6 Å². The summed E-state index contributed by atoms with van der Waals surface area (Å²) in [6.45, 7) is 1.83. The number of nitriles is 2. The zero-order valence-corrected chi connectivity index (χ0v) is 7.89. The van der Waals surface area contributed by atoms with Crippen LogP contribution in [0.25, 0.3) is 0 Å². The summed E-state index contributed by atoms with van der Waals surface area (Å²) in [6, 6.07) is 7.58. The highest BCUT2D eigenvalue weighted by molar-refractivity contribution is 6.32. The molecule has 3 heteroatoms. The van der Waals surface area contributed by atoms with Gasteiger partial charge in [0.1, 0.15) is 6.07 Å². The van der Waals surface area contributed by atoms with Gasteiger partial charge in [-0.05, 0) is 18.1 Å². The number of aryl methyl sites for hydroxylation is 1. The average Bonchev–Trinajstić information content (AvgIpc) is 2.12. The Morgan fingerprint density at radius 3 is 2.62 bits per heavy atom. The van der Waals surface area contributed by atoms with E-state index in [1.165, 1.54) is 0 Å². The first-order valence-electron chi connectivity index (χ1n) is 3.75. The predicted octanol–water partition coefficient (Wildman–Crippen LogP) is 2.59. The van der Waals surface area contributed by atoms with E-state index in [-0.39, 0.29) is 6.42 Å². The molecule has 1 aromatic rings. The molecule has 0 fully saturated rings. The number of hydrogen-bond acceptors (Lipinski definition) is 2. The van der Waals surface area contributed by atoms with E-state index in [2.05, 4.69) is 0 Å². The lowest BCUT2D eigenvalue weighted by Gasteiger charge is -2.03. The van der Waals surface area contributed by atoms with Gasteiger partial charge in [0.2, 0.25) is 0 Å². The third kappa shape index (κ3) is 1.80. The first kappa shape index (κ1) is 9.58. The number of rotatable bonds is 1. The van der Waals surface area contributed by atoms with Crippen molar-refractivity contribution in [1.29, 1.82) is 10.5 Å². The van der Waals surface area contributed by atoms with Crippen molar-refractivity contribution in [3.63, 3.8) is 0 Å². The van der Waals surface area contributed by atoms with Crippen LogP contribution < -0.4 is 0 Å². The molecule has 0 saturated carbocycles. The molecule has 0 aliphatic rings. The van der Waals surface area contributed by atoms with Crippen molar-refractivity contribution in [2.75, 3.05) is 0 Å². The van der Waals surface area contributed by atoms with Crippen LogP contribution in [0.2, 0.25) is 5.02 Å². The maximum absolute atomic E-state index is 8.81. The van der Waals surface area contributed by atoms with Gasteiger partial charge in [0, 0.05) is 0 Å². The molecule has 0 N–H and O–H groups in total. The second-order valence-corrected chi connectivity index (χ2v) is 3.06. The Hall–Kier alpha value is -1.51. The summed E-state index contributed by atoms with van der Waals surface area (Å²) in [7, 11) is 0. The Morgan fingerprint density at radius 1 is 1.38 bits per heavy atom. The number of hydrogen-bond donors (Lipinski definition) is 0. The Balaban J connectivity index is 3.34. The molecule has 0 radical (unpaired) electrons. The number of benzene rings is 1. The van der Waals surface area contributed by atoms with E-state index >= 15 is 0 Å². The first-order chi connectivity index (χ1) is 6.20. The second-order valence-electron chi connectivity index (χ2n) is 2.68. The van der Waals surface area contributed by atoms with E-state index in [0.717, 1.165) is 5.56 Å². The largest absolute Gasteiger partial charge is 0.198 e. The first-order valence-corrected chi connectivity index (χ1v) is 4.13. The molecule has 0 amide bonds. The molecular formula is C10H7ClN2. The summed E-state index contributed by atoms with van der Waals surface area (Å²) in [5, 5.41) is 17.8. The zero-order chi connectivity index (χ0) is 9.84. The van der Waals surface area contributed by atoms with Crippen LogP contribution in [0.5, 0.6) is 0 Å². The maximum Gasteiger partial charge on any atom is 0.101 e. The maximum atomic E-state index is 8.81. The van der Waals surface area contributed by atoms with Gasteiger partial charge in [-0.3, -0.25) is 0 Å². The molecule has 0 saturated heterocycles. The van der Waals surface area contributed by atoms with Crippen LogP contribution >= 0.6 is 11.6 Å². The quantitative estimate of drug-likeness (QED) is 0.684. The summed E-state index contributed by atoms with van der Waals surface area (Å²) in [6.07, 6.45) is 0.225. The summed E-state index contributed by atoms with van der Waals surface area (Å²) in [5.41, 5.74) is 1.98. The number of nitrogens with zero attached hydrogens (tertiary/aromatic N) is 2. The lowest BCUT2D eigenvalue weighted by atomic mass is 10.0. The van der Waals surface area contributed by atoms with Crippen molar-refractivity contribution in [2.24, 2.45) is 0 Å². The fraction of sp³-hybridized carbons (Fsp3) is 0.200. The number of halogens is 1. The van der Waals surface area contributed by atoms with Gasteiger partial charge in [-0.15, -0.1) is 0 Å². The molecule has 2 nitrogen and oxygen atoms in total. The monoisotopic (exact) mass is 190 g/mol. The van der Waals surface area contributed by atoms with Gasteiger partial charge < -0.3 is 0 Å². The zero-order valence-electron chi connectivity index (χ0n) is 7.13. The lowest BCUT2D eigenvalue weighted by Crippen LogP contribution is -1.91. The normalized spacial score (nSPS) is 8.92. The summed E-state index contributed by atoms with van der Waals surface area (Å²) in [5.74, 6) is 0. The van der Waals surface area contributed by atoms with Crippen LogP contribution in [0.15, 0.2) is 12.1 Å². The Labute approximate surface area is 82.0 Å². The van der Waals surface area contributed by atoms with E-state index in [4.69, 9.17) is 22.1 Å². The fourth-order valence-corrected chi connectivity index (χ4v) is 1.30. The van der Waals surface area contributed by atoms with E-state index in [9.17, 15) is 0 Å². The van der Waals surface area contributed by atoms with Crippen molar-refractivity contribution in [2.45, 2.75) is 13.3 Å². The van der Waals surface area contributed by atoms with Crippen molar-refractivity contribution in [1.82, 2.24) is 0 Å². The molecule has 0 atom stereocenters. The van der Waals surface area contributed by atoms with E-state index in [1.54, 1.807) is 6.07 Å². The van der Waals surface area contributed by atoms with E-state index < -0.39 is 0 Å². The highest BCUT2D eigenvalue weighted by atomic mass is 35.5. The van der Waals surface area contributed by atoms with Crippen molar-refractivity contribution in [3.05, 3.63) is 33.8 Å². The molecule has 0 spiro atoms. The summed E-state index contributed by atoms with van der Waals surface area (Å²) >= 11 is 5.90. The predicted molar refractivity (Wildman–Crippen MR) is 50.2 cm³/mol. The van der Waals surface area contributed by atoms with Crippen LogP contribution in [0.3, 0.4) is 0 Å². The Kier molecular flexibility index (Phi) is 2.90. The van der Waals surface area contributed by atoms with E-state index in [1.807, 2.05) is 25.1 Å². The molecule has 13 heavy (non-hydrogen) atoms. The van der Waals surface area contributed by atoms with Crippen LogP contribution in [-0.4, -0.2) is 0 Å². The van der Waals surface area contributed by atoms with Crippen LogP contribution in [-0.2, 0) is 6.42 Å². The topological polar surface area (TPSA) is 47.6 Å². The van der Waals surface area contributed by atoms with Gasteiger partial charge in [0.05, 0.1) is 23.1 Å². The average molecular weight is 191 g/mol. The van der Waals surface area contributed by atoms with Crippen molar-refractivity contribution in [3.8, 4) is 12.1 Å². The summed E-state index contributed by atoms with van der Waals surface area (Å²) < 4.78 is 0. The highest BCUT2D eigenvalue weighted by Gasteiger charge is 2.08. The molecule has 0 aliphatic carbocycles. The Morgan fingerprint density at radius 2 is 2.08 bits per heavy atom. The van der Waals surface area contributed by atoms with Gasteiger partial charge in [0.25, 0.3) is 0 Å². The molecule has 1 rings (SSSR count). The van der Waals surface area contributed by atoms with Gasteiger partial charge in [-0.25, -0.2) is 0 Å². The molecule has 0 unspecified atom stereocenters. The third-order valence-electron chi connectivity index (χ3n) is 1.80. The highest BCUT2D eigenvalue weighted by Crippen LogP contribution is 2.23. The van der Waals surface area contributed by atoms with Gasteiger partial charge in [0.15, 0.2) is 0 Å². The summed E-state index contributed by atoms with van der Waals surface area (Å²) in [4.78, 5) is 0. The minimum Gasteiger partial charge on any atom is -0.198 e. The molecular weight excluding hydrogens is 184 g/mol. The fourth-order valence-electron chi connectivity index (χ4n) is 1.07. The molecule has 0 aliphatic heterocycles. The standard InChI is InChI=1S/C10H7ClN2/c1-7-2-3-8(4-5-12)9(6-13)10(7)11/h2-3H,4H2,1H3. The minimum atomic E-state index is 0.225. The second kappa shape index (κ2) is 3.94. The third-order valence-corrected chi connectivity index (χ3v) is 2.29. The Bertz CT molecular complexity index is 410. The minimum absolute atomic E-state index is 0.225. The molecule has 1 aromatic carbocycles. The van der Waals surface area contributed by atoms with E-state index in [0.29, 0.717) is 16.1 Å². The lowest BCUT2D eigenvalue weighted by molar-refractivity contribution is 1.23. The SMILES string of the molecule is Cc1ccc(CC#N)c(C#N)c1Cl. The molecule has 64 valence electrons. The van der Waals surface area contributed by atoms with Crippen molar-refractivity contribution < 1.29 is 0 Å². The van der Waals surface area contributed by atoms with Gasteiger partial charge in [-0.2, -0.15) is 10.5 Å². The van der Waals surface area contributed by atoms with Gasteiger partial charge in [-0.1, -0.05) is 23.7 Å². The van der Waals surface area contributed by atoms with Crippen LogP contribution in [0.4, 0.5) is 0 Å². The molecule has 0 aromatic heterocycles.